The summed E-state index contributed by atoms with van der Waals surface area (Å²) >= 11 is 0. The zero-order chi connectivity index (χ0) is 21.7. The minimum Gasteiger partial charge on any atom is -0.379 e. The van der Waals surface area contributed by atoms with Crippen molar-refractivity contribution in [2.75, 3.05) is 52.5 Å². The minimum absolute atomic E-state index is 0.00314. The van der Waals surface area contributed by atoms with Crippen molar-refractivity contribution in [1.29, 1.82) is 0 Å². The van der Waals surface area contributed by atoms with Gasteiger partial charge in [0, 0.05) is 51.9 Å². The Hall–Kier alpha value is -1.52. The van der Waals surface area contributed by atoms with Crippen LogP contribution in [0.25, 0.3) is 0 Å². The first-order valence-corrected chi connectivity index (χ1v) is 12.8. The molecule has 3 heterocycles. The quantitative estimate of drug-likeness (QED) is 0.701. The van der Waals surface area contributed by atoms with Crippen molar-refractivity contribution >= 4 is 16.1 Å². The number of rotatable bonds is 6. The van der Waals surface area contributed by atoms with Crippen molar-refractivity contribution in [3.05, 3.63) is 35.9 Å². The monoisotopic (exact) mass is 450 g/mol. The molecule has 31 heavy (non-hydrogen) atoms. The number of piperidine rings is 2. The van der Waals surface area contributed by atoms with Crippen LogP contribution in [0.4, 0.5) is 0 Å². The number of hydrogen-bond donors (Lipinski definition) is 1. The van der Waals surface area contributed by atoms with Crippen LogP contribution in [0.5, 0.6) is 0 Å². The van der Waals surface area contributed by atoms with Crippen molar-refractivity contribution in [1.82, 2.24) is 18.8 Å². The lowest BCUT2D eigenvalue weighted by Gasteiger charge is -2.37. The van der Waals surface area contributed by atoms with E-state index in [1.54, 1.807) is 0 Å². The fraction of sp³-hybridized carbons (Fsp3) is 0.682. The molecule has 1 N–H and O–H groups in total. The standard InChI is InChI=1S/C22H34N4O4S/c27-22(23-21-8-11-24(12-9-21)17-19-5-2-1-3-6-19)20-7-4-10-26(18-20)31(28,29)25-13-15-30-16-14-25/h1-3,5-6,20-21H,4,7-18H2,(H,23,27). The van der Waals surface area contributed by atoms with Crippen molar-refractivity contribution in [2.45, 2.75) is 38.3 Å². The van der Waals surface area contributed by atoms with Crippen LogP contribution in [-0.4, -0.2) is 86.4 Å². The zero-order valence-electron chi connectivity index (χ0n) is 18.1. The average Bonchev–Trinajstić information content (AvgIpc) is 2.82. The maximum Gasteiger partial charge on any atom is 0.282 e. The van der Waals surface area contributed by atoms with Gasteiger partial charge in [0.1, 0.15) is 0 Å². The number of nitrogens with zero attached hydrogens (tertiary/aromatic N) is 3. The van der Waals surface area contributed by atoms with Crippen LogP contribution in [0.15, 0.2) is 30.3 Å². The van der Waals surface area contributed by atoms with Gasteiger partial charge in [0.15, 0.2) is 0 Å². The van der Waals surface area contributed by atoms with Gasteiger partial charge >= 0.3 is 0 Å². The summed E-state index contributed by atoms with van der Waals surface area (Å²) in [5.74, 6) is -0.268. The number of benzene rings is 1. The van der Waals surface area contributed by atoms with E-state index >= 15 is 0 Å². The van der Waals surface area contributed by atoms with Gasteiger partial charge in [-0.1, -0.05) is 30.3 Å². The summed E-state index contributed by atoms with van der Waals surface area (Å²) in [6.45, 7) is 5.26. The molecule has 4 rings (SSSR count). The lowest BCUT2D eigenvalue weighted by atomic mass is 9.97. The van der Waals surface area contributed by atoms with E-state index < -0.39 is 10.2 Å². The molecule has 1 amide bonds. The second-order valence-electron chi connectivity index (χ2n) is 8.76. The smallest absolute Gasteiger partial charge is 0.282 e. The molecule has 1 unspecified atom stereocenters. The average molecular weight is 451 g/mol. The molecule has 3 aliphatic heterocycles. The van der Waals surface area contributed by atoms with Gasteiger partial charge in [-0.15, -0.1) is 0 Å². The molecule has 3 saturated heterocycles. The Bertz CT molecular complexity index is 821. The van der Waals surface area contributed by atoms with Crippen LogP contribution in [-0.2, 0) is 26.3 Å². The van der Waals surface area contributed by atoms with Crippen LogP contribution in [0, 0.1) is 5.92 Å². The number of nitrogens with one attached hydrogen (secondary N) is 1. The number of carbonyl (C=O) groups is 1. The first-order chi connectivity index (χ1) is 15.0. The first-order valence-electron chi connectivity index (χ1n) is 11.4. The topological polar surface area (TPSA) is 82.2 Å². The van der Waals surface area contributed by atoms with E-state index in [4.69, 9.17) is 4.74 Å². The molecular formula is C22H34N4O4S. The van der Waals surface area contributed by atoms with Crippen molar-refractivity contribution < 1.29 is 17.9 Å². The molecule has 1 aromatic carbocycles. The minimum atomic E-state index is -3.52. The van der Waals surface area contributed by atoms with Gasteiger partial charge in [-0.05, 0) is 31.2 Å². The number of ether oxygens (including phenoxy) is 1. The van der Waals surface area contributed by atoms with Crippen molar-refractivity contribution in [3.63, 3.8) is 0 Å². The lowest BCUT2D eigenvalue weighted by Crippen LogP contribution is -2.54. The predicted octanol–water partition coefficient (Wildman–Crippen LogP) is 1.06. The molecule has 0 aromatic heterocycles. The highest BCUT2D eigenvalue weighted by molar-refractivity contribution is 7.86. The molecule has 1 atom stereocenters. The molecule has 3 aliphatic rings. The summed E-state index contributed by atoms with van der Waals surface area (Å²) in [5, 5.41) is 3.20. The van der Waals surface area contributed by atoms with E-state index in [9.17, 15) is 13.2 Å². The molecular weight excluding hydrogens is 416 g/mol. The highest BCUT2D eigenvalue weighted by Gasteiger charge is 2.37. The third-order valence-electron chi connectivity index (χ3n) is 6.56. The summed E-state index contributed by atoms with van der Waals surface area (Å²) in [6, 6.07) is 10.6. The van der Waals surface area contributed by atoms with Gasteiger partial charge < -0.3 is 10.1 Å². The van der Waals surface area contributed by atoms with Gasteiger partial charge in [0.25, 0.3) is 10.2 Å². The molecule has 0 spiro atoms. The Balaban J connectivity index is 1.25. The van der Waals surface area contributed by atoms with Gasteiger partial charge in [-0.25, -0.2) is 0 Å². The Labute approximate surface area is 185 Å². The molecule has 0 aliphatic carbocycles. The van der Waals surface area contributed by atoms with Gasteiger partial charge in [0.05, 0.1) is 19.1 Å². The van der Waals surface area contributed by atoms with Crippen molar-refractivity contribution in [2.24, 2.45) is 5.92 Å². The molecule has 0 saturated carbocycles. The summed E-state index contributed by atoms with van der Waals surface area (Å²) in [4.78, 5) is 15.3. The maximum absolute atomic E-state index is 12.9. The summed E-state index contributed by atoms with van der Waals surface area (Å²) in [5.41, 5.74) is 1.31. The zero-order valence-corrected chi connectivity index (χ0v) is 18.9. The highest BCUT2D eigenvalue weighted by Crippen LogP contribution is 2.23. The van der Waals surface area contributed by atoms with Crippen molar-refractivity contribution in [3.8, 4) is 0 Å². The second-order valence-corrected chi connectivity index (χ2v) is 10.7. The number of amides is 1. The maximum atomic E-state index is 12.9. The van der Waals surface area contributed by atoms with Gasteiger partial charge in [-0.3, -0.25) is 9.69 Å². The second kappa shape index (κ2) is 10.4. The summed E-state index contributed by atoms with van der Waals surface area (Å²) in [6.07, 6.45) is 3.33. The van der Waals surface area contributed by atoms with Crippen LogP contribution >= 0.6 is 0 Å². The summed E-state index contributed by atoms with van der Waals surface area (Å²) in [7, 11) is -3.52. The van der Waals surface area contributed by atoms with Crippen LogP contribution in [0.3, 0.4) is 0 Å². The highest BCUT2D eigenvalue weighted by atomic mass is 32.2. The first kappa shape index (κ1) is 22.7. The third-order valence-corrected chi connectivity index (χ3v) is 8.56. The number of hydrogen-bond acceptors (Lipinski definition) is 5. The fourth-order valence-corrected chi connectivity index (χ4v) is 6.37. The summed E-state index contributed by atoms with van der Waals surface area (Å²) < 4.78 is 34.1. The van der Waals surface area contributed by atoms with E-state index in [2.05, 4.69) is 34.5 Å². The third kappa shape index (κ3) is 5.84. The Morgan fingerprint density at radius 2 is 1.68 bits per heavy atom. The largest absolute Gasteiger partial charge is 0.379 e. The Morgan fingerprint density at radius 1 is 0.968 bits per heavy atom. The number of likely N-dealkylation sites (tertiary alicyclic amines) is 1. The normalized spacial score (nSPS) is 25.4. The van der Waals surface area contributed by atoms with E-state index in [0.717, 1.165) is 45.3 Å². The number of morpholine rings is 1. The molecule has 1 aromatic rings. The lowest BCUT2D eigenvalue weighted by molar-refractivity contribution is -0.127. The SMILES string of the molecule is O=C(NC1CCN(Cc2ccccc2)CC1)C1CCCN(S(=O)(=O)N2CCOCC2)C1. The molecule has 9 heteroatoms. The Morgan fingerprint density at radius 3 is 2.39 bits per heavy atom. The van der Waals surface area contributed by atoms with Crippen LogP contribution < -0.4 is 5.32 Å². The van der Waals surface area contributed by atoms with Crippen LogP contribution in [0.2, 0.25) is 0 Å². The van der Waals surface area contributed by atoms with Crippen LogP contribution in [0.1, 0.15) is 31.2 Å². The van der Waals surface area contributed by atoms with Gasteiger partial charge in [-0.2, -0.15) is 17.0 Å². The molecule has 0 bridgehead atoms. The molecule has 0 radical (unpaired) electrons. The molecule has 172 valence electrons. The van der Waals surface area contributed by atoms with Gasteiger partial charge in [0.2, 0.25) is 5.91 Å². The fourth-order valence-electron chi connectivity index (χ4n) is 4.70. The van der Waals surface area contributed by atoms with E-state index in [1.807, 2.05) is 6.07 Å². The molecule has 3 fully saturated rings. The van der Waals surface area contributed by atoms with E-state index in [0.29, 0.717) is 32.8 Å². The predicted molar refractivity (Wildman–Crippen MR) is 118 cm³/mol. The molecule has 8 nitrogen and oxygen atoms in total. The van der Waals surface area contributed by atoms with E-state index in [-0.39, 0.29) is 24.4 Å². The number of carbonyl (C=O) groups excluding carboxylic acids is 1. The van der Waals surface area contributed by atoms with E-state index in [1.165, 1.54) is 14.2 Å². The Kier molecular flexibility index (Phi) is 7.60.